The Balaban J connectivity index is 2.03. The Morgan fingerprint density at radius 3 is 2.83 bits per heavy atom. The highest BCUT2D eigenvalue weighted by molar-refractivity contribution is 6.01. The number of para-hydroxylation sites is 1. The van der Waals surface area contributed by atoms with E-state index in [-0.39, 0.29) is 11.7 Å². The number of carboxylic acids is 1. The van der Waals surface area contributed by atoms with Gasteiger partial charge in [-0.25, -0.2) is 4.79 Å². The summed E-state index contributed by atoms with van der Waals surface area (Å²) in [5, 5.41) is 10.2. The highest BCUT2D eigenvalue weighted by Crippen LogP contribution is 2.33. The van der Waals surface area contributed by atoms with Crippen LogP contribution in [-0.4, -0.2) is 41.6 Å². The average molecular weight is 317 g/mol. The van der Waals surface area contributed by atoms with E-state index in [4.69, 9.17) is 9.15 Å². The van der Waals surface area contributed by atoms with E-state index in [1.807, 2.05) is 12.1 Å². The van der Waals surface area contributed by atoms with Crippen molar-refractivity contribution in [3.8, 4) is 5.75 Å². The van der Waals surface area contributed by atoms with Crippen molar-refractivity contribution in [2.24, 2.45) is 0 Å². The Labute approximate surface area is 133 Å². The van der Waals surface area contributed by atoms with Gasteiger partial charge in [-0.15, -0.1) is 0 Å². The van der Waals surface area contributed by atoms with Gasteiger partial charge in [0.2, 0.25) is 0 Å². The Morgan fingerprint density at radius 1 is 1.35 bits per heavy atom. The summed E-state index contributed by atoms with van der Waals surface area (Å²) >= 11 is 0. The molecule has 0 unspecified atom stereocenters. The number of carbonyl (C=O) groups excluding carboxylic acids is 1. The number of aliphatic carboxylic acids is 1. The largest absolute Gasteiger partial charge is 0.493 e. The number of nitrogens with zero attached hydrogens (tertiary/aromatic N) is 1. The van der Waals surface area contributed by atoms with Crippen molar-refractivity contribution in [3.63, 3.8) is 0 Å². The first-order chi connectivity index (χ1) is 11.0. The smallest absolute Gasteiger partial charge is 0.326 e. The van der Waals surface area contributed by atoms with Gasteiger partial charge in [-0.2, -0.15) is 0 Å². The summed E-state index contributed by atoms with van der Waals surface area (Å²) in [7, 11) is 1.54. The number of aryl methyl sites for hydroxylation is 1. The standard InChI is InChI=1S/C17H19NO5/c1-10-11-6-5-8-13(22-2)15(11)23-14(10)16(19)18-9-4-3-7-12(18)17(20)21/h5-6,8,12H,3-4,7,9H2,1-2H3,(H,20,21)/t12-/m1/s1. The minimum Gasteiger partial charge on any atom is -0.493 e. The molecule has 1 aromatic carbocycles. The van der Waals surface area contributed by atoms with Crippen LogP contribution in [0.15, 0.2) is 22.6 Å². The van der Waals surface area contributed by atoms with Crippen molar-refractivity contribution in [3.05, 3.63) is 29.5 Å². The van der Waals surface area contributed by atoms with Crippen LogP contribution in [0.3, 0.4) is 0 Å². The topological polar surface area (TPSA) is 80.0 Å². The zero-order valence-corrected chi connectivity index (χ0v) is 13.2. The van der Waals surface area contributed by atoms with E-state index in [0.29, 0.717) is 29.9 Å². The van der Waals surface area contributed by atoms with Crippen molar-refractivity contribution in [2.45, 2.75) is 32.2 Å². The molecule has 0 spiro atoms. The van der Waals surface area contributed by atoms with Gasteiger partial charge >= 0.3 is 5.97 Å². The van der Waals surface area contributed by atoms with Gasteiger partial charge < -0.3 is 19.2 Å². The molecule has 2 heterocycles. The molecule has 6 heteroatoms. The van der Waals surface area contributed by atoms with E-state index in [9.17, 15) is 14.7 Å². The molecule has 3 rings (SSSR count). The summed E-state index contributed by atoms with van der Waals surface area (Å²) in [6.07, 6.45) is 2.09. The molecular weight excluding hydrogens is 298 g/mol. The van der Waals surface area contributed by atoms with Gasteiger partial charge in [0.05, 0.1) is 7.11 Å². The predicted molar refractivity (Wildman–Crippen MR) is 83.8 cm³/mol. The van der Waals surface area contributed by atoms with E-state index >= 15 is 0 Å². The van der Waals surface area contributed by atoms with Gasteiger partial charge in [-0.3, -0.25) is 4.79 Å². The van der Waals surface area contributed by atoms with Crippen LogP contribution >= 0.6 is 0 Å². The van der Waals surface area contributed by atoms with E-state index in [1.165, 1.54) is 4.90 Å². The second-order valence-electron chi connectivity index (χ2n) is 5.74. The van der Waals surface area contributed by atoms with E-state index in [2.05, 4.69) is 0 Å². The van der Waals surface area contributed by atoms with E-state index in [0.717, 1.165) is 18.2 Å². The molecule has 1 atom stereocenters. The Bertz CT molecular complexity index is 764. The first-order valence-corrected chi connectivity index (χ1v) is 7.64. The lowest BCUT2D eigenvalue weighted by Crippen LogP contribution is -2.48. The maximum Gasteiger partial charge on any atom is 0.326 e. The number of hydrogen-bond acceptors (Lipinski definition) is 4. The minimum atomic E-state index is -0.968. The number of amides is 1. The molecular formula is C17H19NO5. The third kappa shape index (κ3) is 2.54. The van der Waals surface area contributed by atoms with Crippen LogP contribution in [0.5, 0.6) is 5.75 Å². The zero-order chi connectivity index (χ0) is 16.6. The van der Waals surface area contributed by atoms with Gasteiger partial charge in [0, 0.05) is 17.5 Å². The van der Waals surface area contributed by atoms with Crippen molar-refractivity contribution in [1.29, 1.82) is 0 Å². The van der Waals surface area contributed by atoms with Crippen molar-refractivity contribution >= 4 is 22.8 Å². The Morgan fingerprint density at radius 2 is 2.13 bits per heavy atom. The summed E-state index contributed by atoms with van der Waals surface area (Å²) in [5.41, 5.74) is 1.22. The zero-order valence-electron chi connectivity index (χ0n) is 13.2. The predicted octanol–water partition coefficient (Wildman–Crippen LogP) is 2.83. The first-order valence-electron chi connectivity index (χ1n) is 7.64. The number of carboxylic acid groups (broad SMARTS) is 1. The summed E-state index contributed by atoms with van der Waals surface area (Å²) in [5.74, 6) is -0.590. The lowest BCUT2D eigenvalue weighted by atomic mass is 10.0. The molecule has 1 aliphatic heterocycles. The van der Waals surface area contributed by atoms with Gasteiger partial charge in [0.15, 0.2) is 17.1 Å². The molecule has 1 aliphatic rings. The van der Waals surface area contributed by atoms with Gasteiger partial charge in [-0.1, -0.05) is 12.1 Å². The molecule has 1 N–H and O–H groups in total. The molecule has 0 radical (unpaired) electrons. The summed E-state index contributed by atoms with van der Waals surface area (Å²) in [6.45, 7) is 2.24. The number of ether oxygens (including phenoxy) is 1. The molecule has 0 aliphatic carbocycles. The third-order valence-electron chi connectivity index (χ3n) is 4.39. The van der Waals surface area contributed by atoms with Crippen molar-refractivity contribution < 1.29 is 23.8 Å². The normalized spacial score (nSPS) is 18.2. The van der Waals surface area contributed by atoms with E-state index in [1.54, 1.807) is 20.1 Å². The lowest BCUT2D eigenvalue weighted by molar-refractivity contribution is -0.143. The summed E-state index contributed by atoms with van der Waals surface area (Å²) < 4.78 is 11.0. The van der Waals surface area contributed by atoms with Crippen molar-refractivity contribution in [1.82, 2.24) is 4.90 Å². The summed E-state index contributed by atoms with van der Waals surface area (Å²) in [4.78, 5) is 25.7. The first kappa shape index (κ1) is 15.4. The fourth-order valence-electron chi connectivity index (χ4n) is 3.14. The fourth-order valence-corrected chi connectivity index (χ4v) is 3.14. The number of carbonyl (C=O) groups is 2. The number of methoxy groups -OCH3 is 1. The van der Waals surface area contributed by atoms with E-state index < -0.39 is 12.0 Å². The van der Waals surface area contributed by atoms with Gasteiger partial charge in [-0.05, 0) is 32.3 Å². The molecule has 1 saturated heterocycles. The number of likely N-dealkylation sites (tertiary alicyclic amines) is 1. The highest BCUT2D eigenvalue weighted by atomic mass is 16.5. The molecule has 122 valence electrons. The molecule has 23 heavy (non-hydrogen) atoms. The number of fused-ring (bicyclic) bond motifs is 1. The second-order valence-corrected chi connectivity index (χ2v) is 5.74. The molecule has 0 bridgehead atoms. The number of hydrogen-bond donors (Lipinski definition) is 1. The maximum atomic E-state index is 12.8. The monoisotopic (exact) mass is 317 g/mol. The fraction of sp³-hybridized carbons (Fsp3) is 0.412. The van der Waals surface area contributed by atoms with Crippen LogP contribution in [0.25, 0.3) is 11.0 Å². The SMILES string of the molecule is COc1cccc2c(C)c(C(=O)N3CCCC[C@@H]3C(=O)O)oc12. The van der Waals surface area contributed by atoms with Crippen LogP contribution in [0.4, 0.5) is 0 Å². The number of piperidine rings is 1. The quantitative estimate of drug-likeness (QED) is 0.941. The Kier molecular flexibility index (Phi) is 3.98. The van der Waals surface area contributed by atoms with Gasteiger partial charge in [0.25, 0.3) is 5.91 Å². The lowest BCUT2D eigenvalue weighted by Gasteiger charge is -2.32. The molecule has 6 nitrogen and oxygen atoms in total. The Hall–Kier alpha value is -2.50. The van der Waals surface area contributed by atoms with Crippen LogP contribution in [0, 0.1) is 6.92 Å². The van der Waals surface area contributed by atoms with Crippen LogP contribution in [0.2, 0.25) is 0 Å². The van der Waals surface area contributed by atoms with Gasteiger partial charge in [0.1, 0.15) is 6.04 Å². The minimum absolute atomic E-state index is 0.192. The maximum absolute atomic E-state index is 12.8. The molecule has 1 amide bonds. The summed E-state index contributed by atoms with van der Waals surface area (Å²) in [6, 6.07) is 4.67. The highest BCUT2D eigenvalue weighted by Gasteiger charge is 2.35. The molecule has 2 aromatic rings. The number of furan rings is 1. The van der Waals surface area contributed by atoms with Crippen LogP contribution < -0.4 is 4.74 Å². The average Bonchev–Trinajstić information content (AvgIpc) is 2.91. The number of rotatable bonds is 3. The molecule has 1 fully saturated rings. The second kappa shape index (κ2) is 5.95. The molecule has 1 aromatic heterocycles. The molecule has 0 saturated carbocycles. The third-order valence-corrected chi connectivity index (χ3v) is 4.39. The number of benzene rings is 1. The van der Waals surface area contributed by atoms with Crippen molar-refractivity contribution in [2.75, 3.05) is 13.7 Å². The van der Waals surface area contributed by atoms with Crippen LogP contribution in [0.1, 0.15) is 35.4 Å². The van der Waals surface area contributed by atoms with Crippen LogP contribution in [-0.2, 0) is 4.79 Å².